The number of fused-ring (bicyclic) bond motifs is 1. The minimum atomic E-state index is 0.109. The SMILES string of the molecule is CC(C)NCCCn1ccc2ccccc2c1=O. The third-order valence-electron chi connectivity index (χ3n) is 3.01. The molecule has 0 spiro atoms. The second-order valence-corrected chi connectivity index (χ2v) is 4.86. The molecule has 2 aromatic rings. The lowest BCUT2D eigenvalue weighted by Gasteiger charge is -2.09. The summed E-state index contributed by atoms with van der Waals surface area (Å²) < 4.78 is 1.80. The Morgan fingerprint density at radius 3 is 2.78 bits per heavy atom. The smallest absolute Gasteiger partial charge is 0.258 e. The maximum atomic E-state index is 12.2. The fraction of sp³-hybridized carbons (Fsp3) is 0.400. The summed E-state index contributed by atoms with van der Waals surface area (Å²) in [5, 5.41) is 5.17. The summed E-state index contributed by atoms with van der Waals surface area (Å²) in [6, 6.07) is 10.2. The van der Waals surface area contributed by atoms with E-state index in [4.69, 9.17) is 0 Å². The van der Waals surface area contributed by atoms with Crippen LogP contribution >= 0.6 is 0 Å². The van der Waals surface area contributed by atoms with Crippen molar-refractivity contribution < 1.29 is 0 Å². The van der Waals surface area contributed by atoms with E-state index in [0.717, 1.165) is 30.3 Å². The topological polar surface area (TPSA) is 34.0 Å². The van der Waals surface area contributed by atoms with E-state index < -0.39 is 0 Å². The minimum absolute atomic E-state index is 0.109. The van der Waals surface area contributed by atoms with E-state index in [1.165, 1.54) is 0 Å². The van der Waals surface area contributed by atoms with E-state index in [-0.39, 0.29) is 5.56 Å². The van der Waals surface area contributed by atoms with Crippen LogP contribution in [0, 0.1) is 0 Å². The van der Waals surface area contributed by atoms with Gasteiger partial charge in [0.2, 0.25) is 0 Å². The number of nitrogens with one attached hydrogen (secondary N) is 1. The molecule has 1 heterocycles. The molecule has 2 rings (SSSR count). The maximum Gasteiger partial charge on any atom is 0.258 e. The molecule has 1 aromatic heterocycles. The van der Waals surface area contributed by atoms with Crippen LogP contribution < -0.4 is 10.9 Å². The molecule has 96 valence electrons. The summed E-state index contributed by atoms with van der Waals surface area (Å²) in [5.74, 6) is 0. The highest BCUT2D eigenvalue weighted by Crippen LogP contribution is 2.08. The zero-order chi connectivity index (χ0) is 13.0. The molecule has 1 N–H and O–H groups in total. The Hall–Kier alpha value is -1.61. The Kier molecular flexibility index (Phi) is 4.15. The van der Waals surface area contributed by atoms with Crippen molar-refractivity contribution in [2.75, 3.05) is 6.54 Å². The third-order valence-corrected chi connectivity index (χ3v) is 3.01. The van der Waals surface area contributed by atoms with Gasteiger partial charge in [-0.3, -0.25) is 4.79 Å². The number of aryl methyl sites for hydroxylation is 1. The standard InChI is InChI=1S/C15H20N2O/c1-12(2)16-9-5-10-17-11-8-13-6-3-4-7-14(13)15(17)18/h3-4,6-8,11-12,16H,5,9-10H2,1-2H3. The summed E-state index contributed by atoms with van der Waals surface area (Å²) in [4.78, 5) is 12.2. The Morgan fingerprint density at radius 2 is 2.00 bits per heavy atom. The van der Waals surface area contributed by atoms with Crippen molar-refractivity contribution in [2.24, 2.45) is 0 Å². The van der Waals surface area contributed by atoms with Crippen molar-refractivity contribution >= 4 is 10.8 Å². The van der Waals surface area contributed by atoms with Crippen molar-refractivity contribution in [3.05, 3.63) is 46.9 Å². The molecule has 0 amide bonds. The highest BCUT2D eigenvalue weighted by molar-refractivity contribution is 5.81. The van der Waals surface area contributed by atoms with Gasteiger partial charge in [-0.2, -0.15) is 0 Å². The van der Waals surface area contributed by atoms with Gasteiger partial charge >= 0.3 is 0 Å². The largest absolute Gasteiger partial charge is 0.315 e. The maximum absolute atomic E-state index is 12.2. The van der Waals surface area contributed by atoms with Gasteiger partial charge < -0.3 is 9.88 Å². The number of pyridine rings is 1. The van der Waals surface area contributed by atoms with Gasteiger partial charge in [0.15, 0.2) is 0 Å². The molecule has 3 heteroatoms. The van der Waals surface area contributed by atoms with E-state index in [0.29, 0.717) is 6.04 Å². The number of aromatic nitrogens is 1. The van der Waals surface area contributed by atoms with Crippen molar-refractivity contribution in [2.45, 2.75) is 32.9 Å². The van der Waals surface area contributed by atoms with E-state index in [1.807, 2.05) is 36.5 Å². The molecule has 0 saturated heterocycles. The fourth-order valence-corrected chi connectivity index (χ4v) is 2.05. The summed E-state index contributed by atoms with van der Waals surface area (Å²) >= 11 is 0. The molecule has 0 aliphatic heterocycles. The normalized spacial score (nSPS) is 11.3. The van der Waals surface area contributed by atoms with Crippen LogP contribution in [0.2, 0.25) is 0 Å². The third kappa shape index (κ3) is 2.99. The predicted molar refractivity (Wildman–Crippen MR) is 76.0 cm³/mol. The highest BCUT2D eigenvalue weighted by Gasteiger charge is 2.01. The second kappa shape index (κ2) is 5.83. The molecule has 0 saturated carbocycles. The number of benzene rings is 1. The minimum Gasteiger partial charge on any atom is -0.315 e. The van der Waals surface area contributed by atoms with Crippen molar-refractivity contribution in [1.82, 2.24) is 9.88 Å². The highest BCUT2D eigenvalue weighted by atomic mass is 16.1. The Morgan fingerprint density at radius 1 is 1.22 bits per heavy atom. The zero-order valence-electron chi connectivity index (χ0n) is 11.0. The molecule has 0 aliphatic carbocycles. The quantitative estimate of drug-likeness (QED) is 0.819. The van der Waals surface area contributed by atoms with Gasteiger partial charge in [0.05, 0.1) is 0 Å². The molecule has 0 aliphatic rings. The molecular weight excluding hydrogens is 224 g/mol. The van der Waals surface area contributed by atoms with Crippen molar-refractivity contribution in [3.8, 4) is 0 Å². The van der Waals surface area contributed by atoms with Gasteiger partial charge in [-0.05, 0) is 30.5 Å². The summed E-state index contributed by atoms with van der Waals surface area (Å²) in [5.41, 5.74) is 0.109. The molecular formula is C15H20N2O. The van der Waals surface area contributed by atoms with Gasteiger partial charge in [0.25, 0.3) is 5.56 Å². The molecule has 0 unspecified atom stereocenters. The Bertz CT molecular complexity index is 572. The first kappa shape index (κ1) is 12.8. The first-order valence-electron chi connectivity index (χ1n) is 6.50. The Labute approximate surface area is 107 Å². The summed E-state index contributed by atoms with van der Waals surface area (Å²) in [7, 11) is 0. The molecule has 0 fully saturated rings. The van der Waals surface area contributed by atoms with E-state index in [9.17, 15) is 4.79 Å². The number of rotatable bonds is 5. The van der Waals surface area contributed by atoms with Gasteiger partial charge in [-0.15, -0.1) is 0 Å². The molecule has 0 atom stereocenters. The Balaban J connectivity index is 2.10. The predicted octanol–water partition coefficient (Wildman–Crippen LogP) is 2.39. The van der Waals surface area contributed by atoms with Crippen LogP contribution in [0.1, 0.15) is 20.3 Å². The number of hydrogen-bond acceptors (Lipinski definition) is 2. The van der Waals surface area contributed by atoms with Crippen LogP contribution in [0.15, 0.2) is 41.3 Å². The van der Waals surface area contributed by atoms with E-state index in [1.54, 1.807) is 4.57 Å². The van der Waals surface area contributed by atoms with Crippen LogP contribution in [0.4, 0.5) is 0 Å². The first-order chi connectivity index (χ1) is 8.68. The molecule has 0 bridgehead atoms. The van der Waals surface area contributed by atoms with Gasteiger partial charge in [-0.25, -0.2) is 0 Å². The van der Waals surface area contributed by atoms with Crippen LogP contribution in [-0.2, 0) is 6.54 Å². The average molecular weight is 244 g/mol. The fourth-order valence-electron chi connectivity index (χ4n) is 2.05. The van der Waals surface area contributed by atoms with E-state index in [2.05, 4.69) is 19.2 Å². The van der Waals surface area contributed by atoms with Crippen molar-refractivity contribution in [3.63, 3.8) is 0 Å². The molecule has 3 nitrogen and oxygen atoms in total. The van der Waals surface area contributed by atoms with Crippen LogP contribution in [0.25, 0.3) is 10.8 Å². The average Bonchev–Trinajstić information content (AvgIpc) is 2.37. The number of hydrogen-bond donors (Lipinski definition) is 1. The summed E-state index contributed by atoms with van der Waals surface area (Å²) in [6.07, 6.45) is 2.86. The van der Waals surface area contributed by atoms with Crippen LogP contribution in [-0.4, -0.2) is 17.2 Å². The zero-order valence-corrected chi connectivity index (χ0v) is 11.0. The lowest BCUT2D eigenvalue weighted by atomic mass is 10.2. The summed E-state index contributed by atoms with van der Waals surface area (Å²) in [6.45, 7) is 5.96. The lowest BCUT2D eigenvalue weighted by Crippen LogP contribution is -2.26. The lowest BCUT2D eigenvalue weighted by molar-refractivity contribution is 0.531. The van der Waals surface area contributed by atoms with Crippen LogP contribution in [0.5, 0.6) is 0 Å². The van der Waals surface area contributed by atoms with Crippen molar-refractivity contribution in [1.29, 1.82) is 0 Å². The number of nitrogens with zero attached hydrogens (tertiary/aromatic N) is 1. The van der Waals surface area contributed by atoms with Gasteiger partial charge in [0.1, 0.15) is 0 Å². The van der Waals surface area contributed by atoms with Crippen LogP contribution in [0.3, 0.4) is 0 Å². The van der Waals surface area contributed by atoms with Gasteiger partial charge in [0, 0.05) is 24.2 Å². The van der Waals surface area contributed by atoms with E-state index >= 15 is 0 Å². The molecule has 18 heavy (non-hydrogen) atoms. The monoisotopic (exact) mass is 244 g/mol. The molecule has 1 aromatic carbocycles. The second-order valence-electron chi connectivity index (χ2n) is 4.86. The van der Waals surface area contributed by atoms with Gasteiger partial charge in [-0.1, -0.05) is 32.0 Å². The molecule has 0 radical (unpaired) electrons. The first-order valence-corrected chi connectivity index (χ1v) is 6.50.